The fourth-order valence-electron chi connectivity index (χ4n) is 3.13. The number of nitrogens with one attached hydrogen (secondary N) is 1. The molecule has 0 saturated heterocycles. The number of H-pyrrole nitrogens is 1. The van der Waals surface area contributed by atoms with E-state index in [1.165, 1.54) is 9.36 Å². The Morgan fingerprint density at radius 3 is 2.69 bits per heavy atom. The molecule has 2 aromatic heterocycles. The normalized spacial score (nSPS) is 10.7. The highest BCUT2D eigenvalue weighted by molar-refractivity contribution is 5.62. The number of aromatic nitrogens is 4. The molecule has 2 heterocycles. The number of para-hydroxylation sites is 1. The van der Waals surface area contributed by atoms with Crippen LogP contribution in [0.15, 0.2) is 65.5 Å². The van der Waals surface area contributed by atoms with Crippen LogP contribution < -0.4 is 10.4 Å². The summed E-state index contributed by atoms with van der Waals surface area (Å²) in [6.45, 7) is 2.29. The highest BCUT2D eigenvalue weighted by Crippen LogP contribution is 2.26. The van der Waals surface area contributed by atoms with Crippen molar-refractivity contribution in [1.82, 2.24) is 19.6 Å². The number of rotatable bonds is 5. The summed E-state index contributed by atoms with van der Waals surface area (Å²) in [4.78, 5) is 16.3. The maximum atomic E-state index is 12.0. The molecule has 0 aliphatic carbocycles. The van der Waals surface area contributed by atoms with Crippen molar-refractivity contribution in [2.75, 3.05) is 0 Å². The minimum Gasteiger partial charge on any atom is -0.489 e. The van der Waals surface area contributed by atoms with Gasteiger partial charge in [-0.2, -0.15) is 9.94 Å². The van der Waals surface area contributed by atoms with Gasteiger partial charge in [-0.1, -0.05) is 24.3 Å². The average Bonchev–Trinajstić information content (AvgIpc) is 2.76. The summed E-state index contributed by atoms with van der Waals surface area (Å²) in [7, 11) is 1.67. The van der Waals surface area contributed by atoms with Crippen LogP contribution in [0.1, 0.15) is 16.8 Å². The molecule has 2 aromatic carbocycles. The number of aryl methyl sites for hydroxylation is 2. The first kappa shape index (κ1) is 18.3. The molecule has 0 saturated carbocycles. The lowest BCUT2D eigenvalue weighted by Crippen LogP contribution is -2.40. The van der Waals surface area contributed by atoms with Gasteiger partial charge in [0, 0.05) is 18.2 Å². The second-order valence-corrected chi connectivity index (χ2v) is 6.69. The van der Waals surface area contributed by atoms with Crippen molar-refractivity contribution in [1.29, 1.82) is 5.26 Å². The van der Waals surface area contributed by atoms with Crippen LogP contribution in [0, 0.1) is 18.3 Å². The van der Waals surface area contributed by atoms with E-state index in [1.54, 1.807) is 13.1 Å². The molecule has 0 fully saturated rings. The van der Waals surface area contributed by atoms with Crippen molar-refractivity contribution in [3.8, 4) is 28.8 Å². The molecule has 7 nitrogen and oxygen atoms in total. The Labute approximate surface area is 167 Å². The SMILES string of the molecule is Cc1cc(-c2cccc(C#N)n2)ccc1OCc1ccccc1-n1[nH]n(C)c1=O. The smallest absolute Gasteiger partial charge is 0.364 e. The van der Waals surface area contributed by atoms with E-state index >= 15 is 0 Å². The number of benzene rings is 2. The lowest BCUT2D eigenvalue weighted by molar-refractivity contribution is 0.302. The van der Waals surface area contributed by atoms with Crippen LogP contribution in [0.2, 0.25) is 0 Å². The van der Waals surface area contributed by atoms with Crippen LogP contribution in [0.25, 0.3) is 16.9 Å². The molecule has 4 aromatic rings. The lowest BCUT2D eigenvalue weighted by atomic mass is 10.1. The van der Waals surface area contributed by atoms with E-state index in [4.69, 9.17) is 10.00 Å². The predicted molar refractivity (Wildman–Crippen MR) is 109 cm³/mol. The maximum Gasteiger partial charge on any atom is 0.364 e. The first-order valence-corrected chi connectivity index (χ1v) is 9.10. The fourth-order valence-corrected chi connectivity index (χ4v) is 3.13. The van der Waals surface area contributed by atoms with Gasteiger partial charge in [0.05, 0.1) is 11.4 Å². The van der Waals surface area contributed by atoms with Gasteiger partial charge in [0.1, 0.15) is 24.1 Å². The summed E-state index contributed by atoms with van der Waals surface area (Å²) in [6.07, 6.45) is 0. The summed E-state index contributed by atoms with van der Waals surface area (Å²) in [6, 6.07) is 20.9. The van der Waals surface area contributed by atoms with Gasteiger partial charge in [-0.05, 0) is 48.9 Å². The van der Waals surface area contributed by atoms with Crippen molar-refractivity contribution in [2.24, 2.45) is 7.05 Å². The molecule has 0 spiro atoms. The zero-order valence-electron chi connectivity index (χ0n) is 16.1. The average molecular weight is 385 g/mol. The van der Waals surface area contributed by atoms with Gasteiger partial charge >= 0.3 is 5.69 Å². The van der Waals surface area contributed by atoms with Crippen LogP contribution >= 0.6 is 0 Å². The number of nitrogens with zero attached hydrogens (tertiary/aromatic N) is 4. The molecule has 144 valence electrons. The molecule has 7 heteroatoms. The first-order chi connectivity index (χ1) is 14.1. The largest absolute Gasteiger partial charge is 0.489 e. The number of nitriles is 1. The topological polar surface area (TPSA) is 88.6 Å². The number of hydrogen-bond donors (Lipinski definition) is 1. The van der Waals surface area contributed by atoms with Crippen LogP contribution in [0.3, 0.4) is 0 Å². The van der Waals surface area contributed by atoms with E-state index in [-0.39, 0.29) is 5.69 Å². The fraction of sp³-hybridized carbons (Fsp3) is 0.136. The van der Waals surface area contributed by atoms with Crippen molar-refractivity contribution >= 4 is 0 Å². The highest BCUT2D eigenvalue weighted by atomic mass is 16.5. The van der Waals surface area contributed by atoms with E-state index in [9.17, 15) is 4.79 Å². The standard InChI is InChI=1S/C22H19N5O2/c1-15-12-16(19-8-5-7-18(13-23)24-19)10-11-21(15)29-14-17-6-3-4-9-20(17)27-22(28)26(2)25-27/h3-12,25H,14H2,1-2H3. The Balaban J connectivity index is 1.55. The lowest BCUT2D eigenvalue weighted by Gasteiger charge is -2.17. The number of aromatic amines is 1. The Hall–Kier alpha value is -4.05. The first-order valence-electron chi connectivity index (χ1n) is 9.10. The predicted octanol–water partition coefficient (Wildman–Crippen LogP) is 3.33. The zero-order chi connectivity index (χ0) is 20.4. The Kier molecular flexibility index (Phi) is 4.75. The molecule has 0 bridgehead atoms. The summed E-state index contributed by atoms with van der Waals surface area (Å²) in [5, 5.41) is 12.0. The van der Waals surface area contributed by atoms with Gasteiger partial charge in [0.2, 0.25) is 0 Å². The third-order valence-corrected chi connectivity index (χ3v) is 4.68. The van der Waals surface area contributed by atoms with Crippen molar-refractivity contribution in [3.63, 3.8) is 0 Å². The van der Waals surface area contributed by atoms with Gasteiger partial charge in [-0.25, -0.2) is 19.7 Å². The molecular weight excluding hydrogens is 366 g/mol. The summed E-state index contributed by atoms with van der Waals surface area (Å²) in [5.41, 5.74) is 4.56. The van der Waals surface area contributed by atoms with Crippen LogP contribution in [0.5, 0.6) is 5.75 Å². The molecule has 1 N–H and O–H groups in total. The van der Waals surface area contributed by atoms with Crippen molar-refractivity contribution < 1.29 is 4.74 Å². The van der Waals surface area contributed by atoms with Crippen molar-refractivity contribution in [3.05, 3.63) is 88.0 Å². The second-order valence-electron chi connectivity index (χ2n) is 6.69. The molecule has 0 aliphatic heterocycles. The van der Waals surface area contributed by atoms with E-state index in [2.05, 4.69) is 16.3 Å². The highest BCUT2D eigenvalue weighted by Gasteiger charge is 2.12. The molecule has 0 atom stereocenters. The Bertz CT molecular complexity index is 1270. The molecule has 0 unspecified atom stereocenters. The molecule has 0 aliphatic rings. The summed E-state index contributed by atoms with van der Waals surface area (Å²) in [5.74, 6) is 0.750. The van der Waals surface area contributed by atoms with E-state index < -0.39 is 0 Å². The molecular formula is C22H19N5O2. The van der Waals surface area contributed by atoms with Crippen LogP contribution in [-0.2, 0) is 13.7 Å². The van der Waals surface area contributed by atoms with Gasteiger partial charge < -0.3 is 4.74 Å². The minimum atomic E-state index is -0.120. The molecule has 4 rings (SSSR count). The third kappa shape index (κ3) is 3.56. The third-order valence-electron chi connectivity index (χ3n) is 4.68. The zero-order valence-corrected chi connectivity index (χ0v) is 16.1. The maximum absolute atomic E-state index is 12.0. The Morgan fingerprint density at radius 1 is 1.14 bits per heavy atom. The van der Waals surface area contributed by atoms with E-state index in [1.807, 2.05) is 61.5 Å². The molecule has 0 amide bonds. The number of ether oxygens (including phenoxy) is 1. The second kappa shape index (κ2) is 7.52. The van der Waals surface area contributed by atoms with Gasteiger partial charge in [-0.15, -0.1) is 0 Å². The minimum absolute atomic E-state index is 0.120. The van der Waals surface area contributed by atoms with Crippen molar-refractivity contribution in [2.45, 2.75) is 13.5 Å². The number of hydrogen-bond acceptors (Lipinski definition) is 4. The molecule has 0 radical (unpaired) electrons. The van der Waals surface area contributed by atoms with Gasteiger partial charge in [0.25, 0.3) is 0 Å². The molecule has 29 heavy (non-hydrogen) atoms. The van der Waals surface area contributed by atoms with Crippen LogP contribution in [-0.4, -0.2) is 19.6 Å². The van der Waals surface area contributed by atoms with Gasteiger partial charge in [0.15, 0.2) is 0 Å². The number of pyridine rings is 1. The summed E-state index contributed by atoms with van der Waals surface area (Å²) >= 11 is 0. The Morgan fingerprint density at radius 2 is 1.97 bits per heavy atom. The van der Waals surface area contributed by atoms with Crippen LogP contribution in [0.4, 0.5) is 0 Å². The quantitative estimate of drug-likeness (QED) is 0.571. The van der Waals surface area contributed by atoms with E-state index in [0.717, 1.165) is 33.8 Å². The summed E-state index contributed by atoms with van der Waals surface area (Å²) < 4.78 is 8.93. The monoisotopic (exact) mass is 385 g/mol. The van der Waals surface area contributed by atoms with Gasteiger partial charge in [-0.3, -0.25) is 0 Å². The van der Waals surface area contributed by atoms with E-state index in [0.29, 0.717) is 12.3 Å².